The molecule has 2 heteroatoms. The monoisotopic (exact) mass is 132 g/mol. The van der Waals surface area contributed by atoms with Crippen molar-refractivity contribution in [2.24, 2.45) is 0 Å². The molecule has 0 N–H and O–H groups in total. The van der Waals surface area contributed by atoms with E-state index in [0.717, 1.165) is 0 Å². The number of hydrogen-bond acceptors (Lipinski definition) is 2. The lowest BCUT2D eigenvalue weighted by atomic mass is 10.5. The Morgan fingerprint density at radius 1 is 1.33 bits per heavy atom. The van der Waals surface area contributed by atoms with Gasteiger partial charge in [0.1, 0.15) is 0 Å². The van der Waals surface area contributed by atoms with Crippen molar-refractivity contribution < 1.29 is 9.53 Å². The molecule has 0 radical (unpaired) electrons. The molecule has 0 amide bonds. The average Bonchev–Trinajstić information content (AvgIpc) is 1.68. The van der Waals surface area contributed by atoms with E-state index in [1.807, 2.05) is 27.7 Å². The van der Waals surface area contributed by atoms with Gasteiger partial charge in [0, 0.05) is 6.92 Å². The van der Waals surface area contributed by atoms with E-state index in [1.54, 1.807) is 0 Å². The first-order valence-corrected chi connectivity index (χ1v) is 3.30. The van der Waals surface area contributed by atoms with Gasteiger partial charge in [-0.05, 0) is 13.8 Å². The van der Waals surface area contributed by atoms with Gasteiger partial charge in [-0.2, -0.15) is 0 Å². The van der Waals surface area contributed by atoms with Gasteiger partial charge in [-0.3, -0.25) is 4.79 Å². The highest BCUT2D eigenvalue weighted by Crippen LogP contribution is 1.85. The van der Waals surface area contributed by atoms with Gasteiger partial charge in [0.05, 0.1) is 6.10 Å². The molecule has 0 aliphatic carbocycles. The Kier molecular flexibility index (Phi) is 9.37. The summed E-state index contributed by atoms with van der Waals surface area (Å²) < 4.78 is 4.61. The molecular weight excluding hydrogens is 116 g/mol. The van der Waals surface area contributed by atoms with E-state index in [0.29, 0.717) is 0 Å². The molecule has 0 bridgehead atoms. The lowest BCUT2D eigenvalue weighted by molar-refractivity contribution is -0.144. The third kappa shape index (κ3) is 18.6. The van der Waals surface area contributed by atoms with Crippen molar-refractivity contribution in [2.45, 2.75) is 40.7 Å². The Morgan fingerprint density at radius 3 is 1.67 bits per heavy atom. The quantitative estimate of drug-likeness (QED) is 0.510. The summed E-state index contributed by atoms with van der Waals surface area (Å²) in [7, 11) is 0. The van der Waals surface area contributed by atoms with E-state index in [2.05, 4.69) is 4.74 Å². The lowest BCUT2D eigenvalue weighted by Gasteiger charge is -2.01. The van der Waals surface area contributed by atoms with Gasteiger partial charge >= 0.3 is 5.97 Å². The minimum atomic E-state index is -0.213. The van der Waals surface area contributed by atoms with Gasteiger partial charge in [-0.15, -0.1) is 0 Å². The molecule has 56 valence electrons. The molecule has 0 heterocycles. The predicted octanol–water partition coefficient (Wildman–Crippen LogP) is 1.98. The van der Waals surface area contributed by atoms with E-state index in [9.17, 15) is 4.79 Å². The fourth-order valence-corrected chi connectivity index (χ4v) is 0.332. The molecule has 0 aliphatic rings. The number of hydrogen-bond donors (Lipinski definition) is 0. The summed E-state index contributed by atoms with van der Waals surface area (Å²) in [6.07, 6.45) is 0.0255. The van der Waals surface area contributed by atoms with Crippen molar-refractivity contribution >= 4 is 5.97 Å². The molecule has 0 rings (SSSR count). The second kappa shape index (κ2) is 7.47. The molecule has 0 saturated heterocycles. The Hall–Kier alpha value is -0.530. The Balaban J connectivity index is 0. The summed E-state index contributed by atoms with van der Waals surface area (Å²) >= 11 is 0. The maximum absolute atomic E-state index is 10.0. The van der Waals surface area contributed by atoms with Crippen LogP contribution in [0.4, 0.5) is 0 Å². The summed E-state index contributed by atoms with van der Waals surface area (Å²) in [6.45, 7) is 9.04. The molecule has 0 aromatic rings. The van der Waals surface area contributed by atoms with Gasteiger partial charge in [-0.1, -0.05) is 13.8 Å². The minimum Gasteiger partial charge on any atom is -0.463 e. The highest BCUT2D eigenvalue weighted by Gasteiger charge is 1.93. The maximum Gasteiger partial charge on any atom is 0.302 e. The summed E-state index contributed by atoms with van der Waals surface area (Å²) in [5.74, 6) is -0.213. The van der Waals surface area contributed by atoms with Crippen LogP contribution in [0.1, 0.15) is 34.6 Å². The van der Waals surface area contributed by atoms with Crippen LogP contribution < -0.4 is 0 Å². The Labute approximate surface area is 57.2 Å². The molecule has 0 aromatic heterocycles. The van der Waals surface area contributed by atoms with Gasteiger partial charge in [0.25, 0.3) is 0 Å². The summed E-state index contributed by atoms with van der Waals surface area (Å²) in [5.41, 5.74) is 0. The molecule has 0 unspecified atom stereocenters. The molecule has 0 spiro atoms. The van der Waals surface area contributed by atoms with E-state index >= 15 is 0 Å². The molecule has 2 nitrogen and oxygen atoms in total. The number of esters is 1. The zero-order chi connectivity index (χ0) is 7.86. The van der Waals surface area contributed by atoms with E-state index in [4.69, 9.17) is 0 Å². The zero-order valence-electron chi connectivity index (χ0n) is 6.89. The van der Waals surface area contributed by atoms with Crippen LogP contribution in [-0.2, 0) is 9.53 Å². The van der Waals surface area contributed by atoms with Crippen LogP contribution >= 0.6 is 0 Å². The molecule has 0 atom stereocenters. The first-order chi connectivity index (χ1) is 4.13. The maximum atomic E-state index is 10.0. The predicted molar refractivity (Wildman–Crippen MR) is 38.2 cm³/mol. The van der Waals surface area contributed by atoms with Crippen molar-refractivity contribution in [1.82, 2.24) is 0 Å². The number of carbonyl (C=O) groups excluding carboxylic acids is 1. The average molecular weight is 132 g/mol. The van der Waals surface area contributed by atoms with Crippen LogP contribution in [0.25, 0.3) is 0 Å². The Bertz CT molecular complexity index is 67.3. The van der Waals surface area contributed by atoms with Gasteiger partial charge < -0.3 is 4.74 Å². The second-order valence-electron chi connectivity index (χ2n) is 1.66. The van der Waals surface area contributed by atoms with Gasteiger partial charge in [-0.25, -0.2) is 0 Å². The summed E-state index contributed by atoms with van der Waals surface area (Å²) in [6, 6.07) is 0. The SMILES string of the molecule is CC.CC(=O)OC(C)C. The van der Waals surface area contributed by atoms with Crippen molar-refractivity contribution in [3.05, 3.63) is 0 Å². The third-order valence-electron chi connectivity index (χ3n) is 0.402. The number of carbonyl (C=O) groups is 1. The van der Waals surface area contributed by atoms with Crippen molar-refractivity contribution in [1.29, 1.82) is 0 Å². The van der Waals surface area contributed by atoms with Gasteiger partial charge in [0.2, 0.25) is 0 Å². The van der Waals surface area contributed by atoms with E-state index in [1.165, 1.54) is 6.92 Å². The minimum absolute atomic E-state index is 0.0255. The molecule has 9 heavy (non-hydrogen) atoms. The van der Waals surface area contributed by atoms with E-state index < -0.39 is 0 Å². The number of ether oxygens (including phenoxy) is 1. The van der Waals surface area contributed by atoms with Crippen LogP contribution in [-0.4, -0.2) is 12.1 Å². The first kappa shape index (κ1) is 11.3. The summed E-state index contributed by atoms with van der Waals surface area (Å²) in [4.78, 5) is 10.0. The molecule has 0 aliphatic heterocycles. The smallest absolute Gasteiger partial charge is 0.302 e. The van der Waals surface area contributed by atoms with Crippen molar-refractivity contribution in [2.75, 3.05) is 0 Å². The first-order valence-electron chi connectivity index (χ1n) is 3.30. The van der Waals surface area contributed by atoms with Crippen LogP contribution in [0.15, 0.2) is 0 Å². The normalized spacial score (nSPS) is 7.78. The highest BCUT2D eigenvalue weighted by atomic mass is 16.5. The van der Waals surface area contributed by atoms with Crippen LogP contribution in [0.2, 0.25) is 0 Å². The van der Waals surface area contributed by atoms with Crippen LogP contribution in [0.3, 0.4) is 0 Å². The van der Waals surface area contributed by atoms with Crippen molar-refractivity contribution in [3.63, 3.8) is 0 Å². The van der Waals surface area contributed by atoms with Crippen LogP contribution in [0.5, 0.6) is 0 Å². The Morgan fingerprint density at radius 2 is 1.67 bits per heavy atom. The standard InChI is InChI=1S/C5H10O2.C2H6/c1-4(2)7-5(3)6;1-2/h4H,1-3H3;1-2H3. The highest BCUT2D eigenvalue weighted by molar-refractivity contribution is 5.66. The van der Waals surface area contributed by atoms with E-state index in [-0.39, 0.29) is 12.1 Å². The summed E-state index contributed by atoms with van der Waals surface area (Å²) in [5, 5.41) is 0. The zero-order valence-corrected chi connectivity index (χ0v) is 6.89. The number of rotatable bonds is 1. The topological polar surface area (TPSA) is 26.3 Å². The fraction of sp³-hybridized carbons (Fsp3) is 0.857. The molecule has 0 fully saturated rings. The van der Waals surface area contributed by atoms with Crippen molar-refractivity contribution in [3.8, 4) is 0 Å². The lowest BCUT2D eigenvalue weighted by Crippen LogP contribution is -2.06. The largest absolute Gasteiger partial charge is 0.463 e. The molecular formula is C7H16O2. The molecule has 0 aromatic carbocycles. The fourth-order valence-electron chi connectivity index (χ4n) is 0.332. The molecule has 0 saturated carbocycles. The third-order valence-corrected chi connectivity index (χ3v) is 0.402. The van der Waals surface area contributed by atoms with Gasteiger partial charge in [0.15, 0.2) is 0 Å². The second-order valence-corrected chi connectivity index (χ2v) is 1.66. The van der Waals surface area contributed by atoms with Crippen LogP contribution in [0, 0.1) is 0 Å².